The molecule has 0 radical (unpaired) electrons. The minimum Gasteiger partial charge on any atom is -0.335 e. The molecule has 0 aliphatic heterocycles. The van der Waals surface area contributed by atoms with Crippen molar-refractivity contribution in [2.45, 2.75) is 11.3 Å². The van der Waals surface area contributed by atoms with Gasteiger partial charge in [0.25, 0.3) is 11.5 Å². The van der Waals surface area contributed by atoms with Crippen molar-refractivity contribution >= 4 is 29.0 Å². The van der Waals surface area contributed by atoms with Crippen LogP contribution in [0.15, 0.2) is 29.4 Å². The second-order valence-electron chi connectivity index (χ2n) is 4.29. The number of benzene rings is 1. The minimum atomic E-state index is -4.77. The molecule has 1 amide bonds. The first kappa shape index (κ1) is 17.5. The summed E-state index contributed by atoms with van der Waals surface area (Å²) in [5.74, 6) is 2.79. The van der Waals surface area contributed by atoms with Crippen LogP contribution in [0.4, 0.5) is 24.5 Å². The first-order valence-electron chi connectivity index (χ1n) is 6.14. The number of carbonyl (C=O) groups is 1. The summed E-state index contributed by atoms with van der Waals surface area (Å²) in [6.07, 6.45) is -4.77. The Kier molecular flexibility index (Phi) is 4.92. The van der Waals surface area contributed by atoms with Gasteiger partial charge in [-0.25, -0.2) is 4.68 Å². The second-order valence-corrected chi connectivity index (χ2v) is 5.23. The van der Waals surface area contributed by atoms with Gasteiger partial charge in [0.15, 0.2) is 0 Å². The van der Waals surface area contributed by atoms with Gasteiger partial charge in [0.1, 0.15) is 5.69 Å². The average molecular weight is 362 g/mol. The lowest BCUT2D eigenvalue weighted by Crippen LogP contribution is -2.22. The molecule has 1 aromatic carbocycles. The van der Waals surface area contributed by atoms with Gasteiger partial charge in [-0.05, 0) is 6.07 Å². The number of nitrogens with two attached hydrogens (primary N) is 1. The van der Waals surface area contributed by atoms with Crippen LogP contribution in [0.1, 0.15) is 5.82 Å². The van der Waals surface area contributed by atoms with E-state index in [-0.39, 0.29) is 27.0 Å². The van der Waals surface area contributed by atoms with E-state index in [9.17, 15) is 28.1 Å². The molecule has 13 heteroatoms. The molecule has 0 aliphatic rings. The SMILES string of the molecule is Nn1c(SCC(=O)Nc2ccccc2[N+](=O)[O-])nnc1C(F)(F)F. The van der Waals surface area contributed by atoms with E-state index in [1.807, 2.05) is 0 Å². The van der Waals surface area contributed by atoms with Crippen molar-refractivity contribution < 1.29 is 22.9 Å². The molecule has 3 N–H and O–H groups in total. The Balaban J connectivity index is 2.02. The molecule has 1 aromatic heterocycles. The molecular formula is C11H9F3N6O3S. The van der Waals surface area contributed by atoms with Gasteiger partial charge in [0.05, 0.1) is 10.7 Å². The Morgan fingerprint density at radius 1 is 1.38 bits per heavy atom. The number of alkyl halides is 3. The van der Waals surface area contributed by atoms with Crippen molar-refractivity contribution in [2.24, 2.45) is 0 Å². The number of nitro groups is 1. The van der Waals surface area contributed by atoms with Gasteiger partial charge in [0.2, 0.25) is 11.1 Å². The molecule has 0 fully saturated rings. The lowest BCUT2D eigenvalue weighted by molar-refractivity contribution is -0.383. The fraction of sp³-hybridized carbons (Fsp3) is 0.182. The summed E-state index contributed by atoms with van der Waals surface area (Å²) in [4.78, 5) is 22.0. The van der Waals surface area contributed by atoms with Crippen LogP contribution >= 0.6 is 11.8 Å². The van der Waals surface area contributed by atoms with Crippen molar-refractivity contribution in [3.63, 3.8) is 0 Å². The molecule has 0 atom stereocenters. The number of nitrogens with one attached hydrogen (secondary N) is 1. The quantitative estimate of drug-likeness (QED) is 0.358. The molecule has 2 aromatic rings. The van der Waals surface area contributed by atoms with Crippen LogP contribution in [0.5, 0.6) is 0 Å². The predicted octanol–water partition coefficient (Wildman–Crippen LogP) is 1.65. The van der Waals surface area contributed by atoms with E-state index in [4.69, 9.17) is 5.84 Å². The molecule has 9 nitrogen and oxygen atoms in total. The number of nitro benzene ring substituents is 1. The fourth-order valence-electron chi connectivity index (χ4n) is 1.62. The number of hydrogen-bond acceptors (Lipinski definition) is 7. The average Bonchev–Trinajstić information content (AvgIpc) is 2.86. The topological polar surface area (TPSA) is 129 Å². The molecule has 1 heterocycles. The molecule has 0 saturated carbocycles. The van der Waals surface area contributed by atoms with Crippen molar-refractivity contribution in [2.75, 3.05) is 16.9 Å². The number of rotatable bonds is 5. The molecule has 0 unspecified atom stereocenters. The highest BCUT2D eigenvalue weighted by Crippen LogP contribution is 2.29. The summed E-state index contributed by atoms with van der Waals surface area (Å²) in [6.45, 7) is 0. The van der Waals surface area contributed by atoms with Gasteiger partial charge >= 0.3 is 6.18 Å². The van der Waals surface area contributed by atoms with Gasteiger partial charge in [-0.1, -0.05) is 23.9 Å². The Hall–Kier alpha value is -2.83. The van der Waals surface area contributed by atoms with Crippen LogP contribution in [-0.2, 0) is 11.0 Å². The summed E-state index contributed by atoms with van der Waals surface area (Å²) in [5, 5.41) is 19.0. The summed E-state index contributed by atoms with van der Waals surface area (Å²) >= 11 is 0.608. The van der Waals surface area contributed by atoms with Gasteiger partial charge in [-0.2, -0.15) is 13.2 Å². The van der Waals surface area contributed by atoms with Gasteiger partial charge in [-0.15, -0.1) is 10.2 Å². The molecule has 0 saturated heterocycles. The van der Waals surface area contributed by atoms with E-state index >= 15 is 0 Å². The summed E-state index contributed by atoms with van der Waals surface area (Å²) in [5.41, 5.74) is -0.338. The summed E-state index contributed by atoms with van der Waals surface area (Å²) < 4.78 is 37.8. The number of anilines is 1. The number of para-hydroxylation sites is 2. The Morgan fingerprint density at radius 2 is 2.04 bits per heavy atom. The largest absolute Gasteiger partial charge is 0.453 e. The maximum Gasteiger partial charge on any atom is 0.453 e. The van der Waals surface area contributed by atoms with Crippen LogP contribution in [0.2, 0.25) is 0 Å². The molecule has 0 bridgehead atoms. The number of halogens is 3. The van der Waals surface area contributed by atoms with E-state index in [0.717, 1.165) is 0 Å². The van der Waals surface area contributed by atoms with E-state index in [1.54, 1.807) is 0 Å². The first-order chi connectivity index (χ1) is 11.2. The van der Waals surface area contributed by atoms with Crippen LogP contribution in [0.25, 0.3) is 0 Å². The second kappa shape index (κ2) is 6.74. The number of nitrogen functional groups attached to an aromatic ring is 1. The number of carbonyl (C=O) groups excluding carboxylic acids is 1. The highest BCUT2D eigenvalue weighted by Gasteiger charge is 2.38. The van der Waals surface area contributed by atoms with Crippen LogP contribution < -0.4 is 11.2 Å². The molecule has 0 aliphatic carbocycles. The van der Waals surface area contributed by atoms with Gasteiger partial charge in [-0.3, -0.25) is 14.9 Å². The Bertz CT molecular complexity index is 779. The third-order valence-electron chi connectivity index (χ3n) is 2.63. The van der Waals surface area contributed by atoms with Crippen LogP contribution in [-0.4, -0.2) is 31.5 Å². The molecular weight excluding hydrogens is 353 g/mol. The predicted molar refractivity (Wildman–Crippen MR) is 77.6 cm³/mol. The molecule has 0 spiro atoms. The van der Waals surface area contributed by atoms with Crippen molar-refractivity contribution in [3.8, 4) is 0 Å². The van der Waals surface area contributed by atoms with E-state index < -0.39 is 22.8 Å². The third-order valence-corrected chi connectivity index (χ3v) is 3.57. The molecule has 2 rings (SSSR count). The first-order valence-corrected chi connectivity index (χ1v) is 7.12. The van der Waals surface area contributed by atoms with E-state index in [2.05, 4.69) is 15.5 Å². The van der Waals surface area contributed by atoms with E-state index in [1.165, 1.54) is 24.3 Å². The zero-order chi connectivity index (χ0) is 17.9. The number of thioether (sulfide) groups is 1. The number of amides is 1. The highest BCUT2D eigenvalue weighted by molar-refractivity contribution is 7.99. The summed E-state index contributed by atoms with van der Waals surface area (Å²) in [6, 6.07) is 5.45. The fourth-order valence-corrected chi connectivity index (χ4v) is 2.28. The van der Waals surface area contributed by atoms with E-state index in [0.29, 0.717) is 11.8 Å². The molecule has 24 heavy (non-hydrogen) atoms. The lowest BCUT2D eigenvalue weighted by Gasteiger charge is -2.07. The number of aromatic nitrogens is 3. The standard InChI is InChI=1S/C11H9F3N6O3S/c12-11(13,14)9-17-18-10(19(9)15)24-5-8(21)16-6-3-1-2-4-7(6)20(22)23/h1-4H,5,15H2,(H,16,21). The van der Waals surface area contributed by atoms with Crippen molar-refractivity contribution in [1.82, 2.24) is 14.9 Å². The van der Waals surface area contributed by atoms with Crippen molar-refractivity contribution in [1.29, 1.82) is 0 Å². The van der Waals surface area contributed by atoms with Crippen LogP contribution in [0.3, 0.4) is 0 Å². The number of nitrogens with zero attached hydrogens (tertiary/aromatic N) is 4. The number of hydrogen-bond donors (Lipinski definition) is 2. The minimum absolute atomic E-state index is 0.0294. The smallest absolute Gasteiger partial charge is 0.335 e. The van der Waals surface area contributed by atoms with Crippen molar-refractivity contribution in [3.05, 3.63) is 40.2 Å². The Labute approximate surface area is 136 Å². The summed E-state index contributed by atoms with van der Waals surface area (Å²) in [7, 11) is 0. The maximum absolute atomic E-state index is 12.5. The maximum atomic E-state index is 12.5. The lowest BCUT2D eigenvalue weighted by atomic mass is 10.2. The van der Waals surface area contributed by atoms with Gasteiger partial charge < -0.3 is 11.2 Å². The molecule has 128 valence electrons. The zero-order valence-corrected chi connectivity index (χ0v) is 12.5. The normalized spacial score (nSPS) is 11.3. The zero-order valence-electron chi connectivity index (χ0n) is 11.6. The highest BCUT2D eigenvalue weighted by atomic mass is 32.2. The third kappa shape index (κ3) is 3.92. The van der Waals surface area contributed by atoms with Crippen LogP contribution in [0, 0.1) is 10.1 Å². The monoisotopic (exact) mass is 362 g/mol. The Morgan fingerprint density at radius 3 is 2.62 bits per heavy atom. The van der Waals surface area contributed by atoms with Gasteiger partial charge in [0, 0.05) is 6.07 Å².